The van der Waals surface area contributed by atoms with Crippen LogP contribution in [0.4, 0.5) is 34.3 Å². The van der Waals surface area contributed by atoms with E-state index in [4.69, 9.17) is 0 Å². The largest absolute Gasteiger partial charge is 0.344 e. The van der Waals surface area contributed by atoms with Crippen LogP contribution in [-0.4, -0.2) is 95.1 Å². The summed E-state index contributed by atoms with van der Waals surface area (Å²) >= 11 is 3.04. The summed E-state index contributed by atoms with van der Waals surface area (Å²) in [5.74, 6) is -3.11. The predicted octanol–water partition coefficient (Wildman–Crippen LogP) is 5.05. The van der Waals surface area contributed by atoms with E-state index in [0.717, 1.165) is 53.5 Å². The maximum absolute atomic E-state index is 13.0. The van der Waals surface area contributed by atoms with E-state index in [2.05, 4.69) is 47.7 Å². The van der Waals surface area contributed by atoms with Gasteiger partial charge in [-0.2, -0.15) is 5.10 Å². The average Bonchev–Trinajstić information content (AvgIpc) is 3.54. The highest BCUT2D eigenvalue weighted by atomic mass is 32.2. The van der Waals surface area contributed by atoms with E-state index < -0.39 is 11.8 Å². The maximum atomic E-state index is 13.0. The molecular formula is C32H38F4N10O2S2. The molecule has 18 heteroatoms. The normalized spacial score (nSPS) is 20.9. The fourth-order valence-electron chi connectivity index (χ4n) is 5.76. The fourth-order valence-corrected chi connectivity index (χ4v) is 7.52. The number of aldehydes is 1. The molecule has 1 aliphatic carbocycles. The van der Waals surface area contributed by atoms with Gasteiger partial charge in [-0.15, -0.1) is 15.3 Å². The van der Waals surface area contributed by atoms with Crippen LogP contribution in [-0.2, 0) is 22.4 Å². The molecular weight excluding hydrogens is 697 g/mol. The van der Waals surface area contributed by atoms with Gasteiger partial charge in [0.1, 0.15) is 28.0 Å². The summed E-state index contributed by atoms with van der Waals surface area (Å²) in [6.45, 7) is 2.31. The van der Waals surface area contributed by atoms with E-state index in [1.807, 2.05) is 7.05 Å². The number of hydrogen-bond donors (Lipinski definition) is 2. The quantitative estimate of drug-likeness (QED) is 0.0649. The fraction of sp³-hybridized carbons (Fsp3) is 0.500. The number of thioether (sulfide) groups is 1. The Morgan fingerprint density at radius 3 is 2.20 bits per heavy atom. The molecule has 0 aromatic carbocycles. The second kappa shape index (κ2) is 16.8. The van der Waals surface area contributed by atoms with E-state index in [1.54, 1.807) is 48.4 Å². The van der Waals surface area contributed by atoms with Gasteiger partial charge in [-0.1, -0.05) is 41.7 Å². The van der Waals surface area contributed by atoms with Crippen molar-refractivity contribution in [3.8, 4) is 0 Å². The Balaban J connectivity index is 0.000000269. The lowest BCUT2D eigenvalue weighted by Crippen LogP contribution is -2.56. The summed E-state index contributed by atoms with van der Waals surface area (Å²) in [5, 5.41) is 24.8. The summed E-state index contributed by atoms with van der Waals surface area (Å²) in [7, 11) is 1.90. The molecule has 0 radical (unpaired) electrons. The number of aromatic nitrogens is 4. The van der Waals surface area contributed by atoms with Crippen molar-refractivity contribution in [3.63, 3.8) is 0 Å². The highest BCUT2D eigenvalue weighted by molar-refractivity contribution is 8.13. The van der Waals surface area contributed by atoms with Crippen LogP contribution in [0.3, 0.4) is 0 Å². The number of carbonyl (C=O) groups is 2. The number of amides is 1. The Kier molecular flexibility index (Phi) is 12.5. The van der Waals surface area contributed by atoms with Crippen LogP contribution in [0, 0.1) is 5.92 Å². The zero-order valence-corrected chi connectivity index (χ0v) is 29.0. The molecule has 3 aromatic rings. The molecule has 2 saturated heterocycles. The van der Waals surface area contributed by atoms with Gasteiger partial charge in [0.15, 0.2) is 0 Å². The molecule has 2 aliphatic heterocycles. The number of halogens is 4. The third-order valence-corrected chi connectivity index (χ3v) is 10.4. The summed E-state index contributed by atoms with van der Waals surface area (Å²) in [5.41, 5.74) is 1.49. The molecule has 3 aliphatic rings. The van der Waals surface area contributed by atoms with Crippen LogP contribution in [0.25, 0.3) is 0 Å². The van der Waals surface area contributed by atoms with Gasteiger partial charge in [0.2, 0.25) is 11.0 Å². The Hall–Kier alpha value is -4.03. The Morgan fingerprint density at radius 1 is 1.02 bits per heavy atom. The van der Waals surface area contributed by atoms with Crippen molar-refractivity contribution in [3.05, 3.63) is 52.8 Å². The molecule has 2 N–H and O–H groups in total. The molecule has 5 heterocycles. The number of nitrogens with one attached hydrogen (secondary N) is 2. The number of rotatable bonds is 12. The minimum Gasteiger partial charge on any atom is -0.344 e. The number of alkyl halides is 4. The van der Waals surface area contributed by atoms with E-state index >= 15 is 0 Å². The molecule has 1 amide bonds. The molecule has 6 rings (SSSR count). The maximum Gasteiger partial charge on any atom is 0.282 e. The van der Waals surface area contributed by atoms with Crippen molar-refractivity contribution in [2.45, 2.75) is 56.3 Å². The predicted molar refractivity (Wildman–Crippen MR) is 188 cm³/mol. The van der Waals surface area contributed by atoms with E-state index in [0.29, 0.717) is 34.7 Å². The van der Waals surface area contributed by atoms with Crippen molar-refractivity contribution >= 4 is 63.8 Å². The third-order valence-electron chi connectivity index (χ3n) is 8.23. The molecule has 2 atom stereocenters. The molecule has 3 aromatic heterocycles. The molecule has 0 spiro atoms. The summed E-state index contributed by atoms with van der Waals surface area (Å²) < 4.78 is 51.2. The molecule has 1 saturated carbocycles. The average molecular weight is 735 g/mol. The Morgan fingerprint density at radius 2 is 1.66 bits per heavy atom. The first kappa shape index (κ1) is 37.2. The van der Waals surface area contributed by atoms with Crippen molar-refractivity contribution in [2.75, 3.05) is 54.2 Å². The smallest absolute Gasteiger partial charge is 0.282 e. The summed E-state index contributed by atoms with van der Waals surface area (Å²) in [4.78, 5) is 33.9. The molecule has 3 fully saturated rings. The van der Waals surface area contributed by atoms with E-state index in [1.165, 1.54) is 21.1 Å². The number of hydrogen-bond acceptors (Lipinski definition) is 13. The minimum absolute atomic E-state index is 0.112. The monoisotopic (exact) mass is 734 g/mol. The van der Waals surface area contributed by atoms with Crippen LogP contribution in [0.2, 0.25) is 0 Å². The number of nitrogens with zero attached hydrogens (tertiary/aromatic N) is 8. The van der Waals surface area contributed by atoms with E-state index in [9.17, 15) is 27.2 Å². The van der Waals surface area contributed by atoms with Gasteiger partial charge < -0.3 is 25.2 Å². The second-order valence-corrected chi connectivity index (χ2v) is 14.3. The van der Waals surface area contributed by atoms with Gasteiger partial charge in [-0.25, -0.2) is 27.5 Å². The van der Waals surface area contributed by atoms with Gasteiger partial charge in [0.05, 0.1) is 32.6 Å². The van der Waals surface area contributed by atoms with Gasteiger partial charge in [0.25, 0.3) is 11.8 Å². The van der Waals surface area contributed by atoms with Crippen LogP contribution >= 0.6 is 23.1 Å². The Bertz CT molecular complexity index is 1630. The molecule has 1 unspecified atom stereocenters. The number of carbonyl (C=O) groups excluding carboxylic acids is 2. The SMILES string of the molecule is C=N/N=C(\SCNC)[C@H]1CCCC(c2nnc(NC(=O)Cc3ccc(N4CC(F)(F)C4)nc3)s2)C1.O=CCc1ccc(N2CC(F)(F)C2)nc1. The highest BCUT2D eigenvalue weighted by Gasteiger charge is 2.45. The zero-order chi connectivity index (χ0) is 35.7. The molecule has 0 bridgehead atoms. The second-order valence-electron chi connectivity index (χ2n) is 12.3. The first-order chi connectivity index (χ1) is 24.0. The van der Waals surface area contributed by atoms with E-state index in [-0.39, 0.29) is 44.4 Å². The number of pyridine rings is 2. The lowest BCUT2D eigenvalue weighted by Gasteiger charge is -2.39. The molecule has 268 valence electrons. The number of anilines is 3. The van der Waals surface area contributed by atoms with Crippen LogP contribution < -0.4 is 20.4 Å². The first-order valence-corrected chi connectivity index (χ1v) is 17.8. The van der Waals surface area contributed by atoms with Crippen LogP contribution in [0.5, 0.6) is 0 Å². The Labute approximate surface area is 295 Å². The molecule has 12 nitrogen and oxygen atoms in total. The van der Waals surface area contributed by atoms with Crippen molar-refractivity contribution < 1.29 is 27.2 Å². The zero-order valence-electron chi connectivity index (χ0n) is 27.4. The van der Waals surface area contributed by atoms with Gasteiger partial charge in [-0.05, 0) is 49.6 Å². The standard InChI is InChI=1S/C22H28F2N8OS2.C10H10F2N2O/c1-25-13-34-19(29-26-2)15-4-3-5-16(9-15)20-30-31-21(35-20)28-18(33)8-14-6-7-17(27-10-14)32-11-22(23,24)12-32;11-10(12)6-14(7-10)9-2-1-8(3-4-15)5-13-9/h6-7,10,15-16,25H,2-5,8-9,11-13H2,1H3,(H,28,31,33);1-2,4-5H,3,6-7H2/b29-19-;/t15-,16?;/m0./s1. The van der Waals surface area contributed by atoms with Crippen LogP contribution in [0.15, 0.2) is 46.9 Å². The lowest BCUT2D eigenvalue weighted by atomic mass is 9.82. The van der Waals surface area contributed by atoms with Gasteiger partial charge >= 0.3 is 0 Å². The highest BCUT2D eigenvalue weighted by Crippen LogP contribution is 2.40. The van der Waals surface area contributed by atoms with Gasteiger partial charge in [0, 0.05) is 43.2 Å². The van der Waals surface area contributed by atoms with Crippen molar-refractivity contribution in [2.24, 2.45) is 16.1 Å². The first-order valence-electron chi connectivity index (χ1n) is 16.0. The minimum atomic E-state index is -2.65. The molecule has 50 heavy (non-hydrogen) atoms. The summed E-state index contributed by atoms with van der Waals surface area (Å²) in [6.07, 6.45) is 8.34. The topological polar surface area (TPSA) is 141 Å². The van der Waals surface area contributed by atoms with Gasteiger partial charge in [-0.3, -0.25) is 4.79 Å². The lowest BCUT2D eigenvalue weighted by molar-refractivity contribution is -0.115. The van der Waals surface area contributed by atoms with Crippen LogP contribution in [0.1, 0.15) is 47.7 Å². The van der Waals surface area contributed by atoms with Crippen molar-refractivity contribution in [1.82, 2.24) is 25.5 Å². The summed E-state index contributed by atoms with van der Waals surface area (Å²) in [6, 6.07) is 6.78. The van der Waals surface area contributed by atoms with Crippen molar-refractivity contribution in [1.29, 1.82) is 0 Å². The third kappa shape index (κ3) is 10.3.